The normalized spacial score (nSPS) is 16.2. The SMILES string of the molecule is Cc1cc(N2CC(O)C2)ccc1C#N. The summed E-state index contributed by atoms with van der Waals surface area (Å²) < 4.78 is 0. The Morgan fingerprint density at radius 3 is 2.71 bits per heavy atom. The van der Waals surface area contributed by atoms with Gasteiger partial charge in [-0.1, -0.05) is 0 Å². The highest BCUT2D eigenvalue weighted by Crippen LogP contribution is 2.23. The van der Waals surface area contributed by atoms with Crippen LogP contribution in [0.2, 0.25) is 0 Å². The van der Waals surface area contributed by atoms with E-state index in [-0.39, 0.29) is 6.10 Å². The van der Waals surface area contributed by atoms with Crippen molar-refractivity contribution in [2.45, 2.75) is 13.0 Å². The van der Waals surface area contributed by atoms with E-state index in [0.717, 1.165) is 16.8 Å². The molecule has 1 fully saturated rings. The van der Waals surface area contributed by atoms with E-state index in [2.05, 4.69) is 11.0 Å². The fourth-order valence-corrected chi connectivity index (χ4v) is 1.64. The van der Waals surface area contributed by atoms with Gasteiger partial charge in [0.15, 0.2) is 0 Å². The maximum atomic E-state index is 9.16. The molecular weight excluding hydrogens is 176 g/mol. The molecular formula is C11H12N2O. The Morgan fingerprint density at radius 2 is 2.21 bits per heavy atom. The Kier molecular flexibility index (Phi) is 2.14. The highest BCUT2D eigenvalue weighted by atomic mass is 16.3. The standard InChI is InChI=1S/C11H12N2O/c1-8-4-10(3-2-9(8)5-12)13-6-11(14)7-13/h2-4,11,14H,6-7H2,1H3. The van der Waals surface area contributed by atoms with Crippen LogP contribution >= 0.6 is 0 Å². The molecule has 1 N–H and O–H groups in total. The van der Waals surface area contributed by atoms with Gasteiger partial charge in [0, 0.05) is 18.8 Å². The van der Waals surface area contributed by atoms with Gasteiger partial charge in [-0.05, 0) is 30.7 Å². The smallest absolute Gasteiger partial charge is 0.0994 e. The minimum atomic E-state index is -0.189. The zero-order valence-electron chi connectivity index (χ0n) is 8.07. The molecule has 0 bridgehead atoms. The van der Waals surface area contributed by atoms with E-state index >= 15 is 0 Å². The lowest BCUT2D eigenvalue weighted by Gasteiger charge is -2.38. The Hall–Kier alpha value is -1.53. The number of aryl methyl sites for hydroxylation is 1. The molecule has 0 aromatic heterocycles. The zero-order valence-corrected chi connectivity index (χ0v) is 8.07. The van der Waals surface area contributed by atoms with E-state index in [0.29, 0.717) is 13.1 Å². The van der Waals surface area contributed by atoms with Crippen LogP contribution in [0, 0.1) is 18.3 Å². The van der Waals surface area contributed by atoms with Crippen molar-refractivity contribution in [3.8, 4) is 6.07 Å². The van der Waals surface area contributed by atoms with Gasteiger partial charge in [0.25, 0.3) is 0 Å². The third-order valence-corrected chi connectivity index (χ3v) is 2.56. The molecule has 0 spiro atoms. The first-order chi connectivity index (χ1) is 6.70. The summed E-state index contributed by atoms with van der Waals surface area (Å²) in [4.78, 5) is 2.10. The van der Waals surface area contributed by atoms with Crippen LogP contribution in [-0.2, 0) is 0 Å². The summed E-state index contributed by atoms with van der Waals surface area (Å²) in [7, 11) is 0. The molecule has 2 rings (SSSR count). The summed E-state index contributed by atoms with van der Waals surface area (Å²) >= 11 is 0. The van der Waals surface area contributed by atoms with Crippen molar-refractivity contribution in [1.29, 1.82) is 5.26 Å². The maximum absolute atomic E-state index is 9.16. The molecule has 0 atom stereocenters. The van der Waals surface area contributed by atoms with Crippen molar-refractivity contribution in [2.24, 2.45) is 0 Å². The van der Waals surface area contributed by atoms with Crippen LogP contribution < -0.4 is 4.90 Å². The van der Waals surface area contributed by atoms with E-state index in [1.54, 1.807) is 0 Å². The number of aliphatic hydroxyl groups excluding tert-OH is 1. The summed E-state index contributed by atoms with van der Waals surface area (Å²) in [6.45, 7) is 3.33. The van der Waals surface area contributed by atoms with Gasteiger partial charge < -0.3 is 10.0 Å². The minimum absolute atomic E-state index is 0.189. The highest BCUT2D eigenvalue weighted by molar-refractivity contribution is 5.55. The molecule has 0 unspecified atom stereocenters. The highest BCUT2D eigenvalue weighted by Gasteiger charge is 2.24. The van der Waals surface area contributed by atoms with Crippen molar-refractivity contribution >= 4 is 5.69 Å². The molecule has 14 heavy (non-hydrogen) atoms. The second-order valence-corrected chi connectivity index (χ2v) is 3.67. The summed E-state index contributed by atoms with van der Waals surface area (Å²) in [6.07, 6.45) is -0.189. The van der Waals surface area contributed by atoms with Crippen molar-refractivity contribution in [1.82, 2.24) is 0 Å². The fourth-order valence-electron chi connectivity index (χ4n) is 1.64. The second kappa shape index (κ2) is 3.32. The first kappa shape index (κ1) is 9.04. The minimum Gasteiger partial charge on any atom is -0.389 e. The van der Waals surface area contributed by atoms with E-state index in [1.807, 2.05) is 25.1 Å². The largest absolute Gasteiger partial charge is 0.389 e. The van der Waals surface area contributed by atoms with E-state index in [1.165, 1.54) is 0 Å². The van der Waals surface area contributed by atoms with Crippen LogP contribution in [-0.4, -0.2) is 24.3 Å². The molecule has 1 aromatic carbocycles. The van der Waals surface area contributed by atoms with Crippen LogP contribution in [0.1, 0.15) is 11.1 Å². The molecule has 0 radical (unpaired) electrons. The summed E-state index contributed by atoms with van der Waals surface area (Å²) in [5.74, 6) is 0. The van der Waals surface area contributed by atoms with Gasteiger partial charge in [-0.15, -0.1) is 0 Å². The van der Waals surface area contributed by atoms with Crippen LogP contribution in [0.3, 0.4) is 0 Å². The fraction of sp³-hybridized carbons (Fsp3) is 0.364. The molecule has 1 saturated heterocycles. The van der Waals surface area contributed by atoms with Crippen molar-refractivity contribution in [3.05, 3.63) is 29.3 Å². The number of benzene rings is 1. The Labute approximate surface area is 83.2 Å². The molecule has 1 aliphatic heterocycles. The first-order valence-electron chi connectivity index (χ1n) is 4.64. The predicted octanol–water partition coefficient (Wildman–Crippen LogP) is 1.05. The first-order valence-corrected chi connectivity index (χ1v) is 4.64. The third-order valence-electron chi connectivity index (χ3n) is 2.56. The molecule has 72 valence electrons. The number of nitriles is 1. The topological polar surface area (TPSA) is 47.3 Å². The van der Waals surface area contributed by atoms with Gasteiger partial charge in [0.05, 0.1) is 17.7 Å². The lowest BCUT2D eigenvalue weighted by molar-refractivity contribution is 0.142. The molecule has 1 aliphatic rings. The lowest BCUT2D eigenvalue weighted by atomic mass is 10.1. The van der Waals surface area contributed by atoms with Crippen LogP contribution in [0.5, 0.6) is 0 Å². The quantitative estimate of drug-likeness (QED) is 0.716. The average molecular weight is 188 g/mol. The number of anilines is 1. The molecule has 0 aliphatic carbocycles. The lowest BCUT2D eigenvalue weighted by Crippen LogP contribution is -2.50. The number of aliphatic hydroxyl groups is 1. The molecule has 3 heteroatoms. The monoisotopic (exact) mass is 188 g/mol. The maximum Gasteiger partial charge on any atom is 0.0994 e. The molecule has 1 heterocycles. The van der Waals surface area contributed by atoms with Gasteiger partial charge in [-0.25, -0.2) is 0 Å². The summed E-state index contributed by atoms with van der Waals surface area (Å²) in [6, 6.07) is 7.89. The van der Waals surface area contributed by atoms with Crippen molar-refractivity contribution in [2.75, 3.05) is 18.0 Å². The third kappa shape index (κ3) is 1.45. The summed E-state index contributed by atoms with van der Waals surface area (Å²) in [5, 5.41) is 17.9. The predicted molar refractivity (Wildman–Crippen MR) is 54.1 cm³/mol. The molecule has 3 nitrogen and oxygen atoms in total. The van der Waals surface area contributed by atoms with E-state index < -0.39 is 0 Å². The zero-order chi connectivity index (χ0) is 10.1. The van der Waals surface area contributed by atoms with Gasteiger partial charge in [0.2, 0.25) is 0 Å². The van der Waals surface area contributed by atoms with E-state index in [4.69, 9.17) is 10.4 Å². The molecule has 0 saturated carbocycles. The number of hydrogen-bond acceptors (Lipinski definition) is 3. The molecule has 1 aromatic rings. The van der Waals surface area contributed by atoms with Crippen LogP contribution in [0.25, 0.3) is 0 Å². The molecule has 0 amide bonds. The van der Waals surface area contributed by atoms with Gasteiger partial charge in [0.1, 0.15) is 0 Å². The van der Waals surface area contributed by atoms with Crippen molar-refractivity contribution < 1.29 is 5.11 Å². The second-order valence-electron chi connectivity index (χ2n) is 3.67. The Morgan fingerprint density at radius 1 is 1.50 bits per heavy atom. The van der Waals surface area contributed by atoms with Crippen LogP contribution in [0.4, 0.5) is 5.69 Å². The van der Waals surface area contributed by atoms with Gasteiger partial charge in [-0.2, -0.15) is 5.26 Å². The number of rotatable bonds is 1. The number of nitrogens with zero attached hydrogens (tertiary/aromatic N) is 2. The van der Waals surface area contributed by atoms with Gasteiger partial charge in [-0.3, -0.25) is 0 Å². The summed E-state index contributed by atoms with van der Waals surface area (Å²) in [5.41, 5.74) is 2.80. The van der Waals surface area contributed by atoms with Gasteiger partial charge >= 0.3 is 0 Å². The van der Waals surface area contributed by atoms with Crippen LogP contribution in [0.15, 0.2) is 18.2 Å². The number of β-amino-alcohol motifs (C(OH)–C–C–N with tert-alkyl or cyclic N) is 1. The number of hydrogen-bond donors (Lipinski definition) is 1. The Balaban J connectivity index is 2.22. The Bertz CT molecular complexity index is 389. The van der Waals surface area contributed by atoms with Crippen molar-refractivity contribution in [3.63, 3.8) is 0 Å². The van der Waals surface area contributed by atoms with E-state index in [9.17, 15) is 0 Å². The average Bonchev–Trinajstić information content (AvgIpc) is 2.13.